The molecule has 0 radical (unpaired) electrons. The van der Waals surface area contributed by atoms with Crippen LogP contribution in [0.5, 0.6) is 0 Å². The summed E-state index contributed by atoms with van der Waals surface area (Å²) in [4.78, 5) is 14.6. The average molecular weight is 175 g/mol. The molecule has 0 unspecified atom stereocenters. The number of aromatic nitrogens is 1. The Labute approximate surface area is 78.3 Å². The topological polar surface area (TPSA) is 30.0 Å². The van der Waals surface area contributed by atoms with Gasteiger partial charge in [-0.15, -0.1) is 0 Å². The van der Waals surface area contributed by atoms with E-state index >= 15 is 0 Å². The molecule has 1 rings (SSSR count). The third-order valence-corrected chi connectivity index (χ3v) is 1.82. The lowest BCUT2D eigenvalue weighted by Crippen LogP contribution is -1.94. The summed E-state index contributed by atoms with van der Waals surface area (Å²) in [5.41, 5.74) is 1.77. The fourth-order valence-corrected chi connectivity index (χ4v) is 0.991. The van der Waals surface area contributed by atoms with Crippen LogP contribution in [0.4, 0.5) is 0 Å². The van der Waals surface area contributed by atoms with Gasteiger partial charge in [0.1, 0.15) is 6.29 Å². The maximum atomic E-state index is 10.7. The zero-order valence-corrected chi connectivity index (χ0v) is 7.90. The monoisotopic (exact) mass is 175 g/mol. The predicted octanol–water partition coefficient (Wildman–Crippen LogP) is 2.32. The summed E-state index contributed by atoms with van der Waals surface area (Å²) in [6.45, 7) is 3.99. The molecular formula is C11H13NO. The quantitative estimate of drug-likeness (QED) is 0.521. The van der Waals surface area contributed by atoms with Crippen molar-refractivity contribution in [1.29, 1.82) is 0 Å². The minimum absolute atomic E-state index is 0.262. The van der Waals surface area contributed by atoms with Crippen molar-refractivity contribution in [2.24, 2.45) is 5.92 Å². The van der Waals surface area contributed by atoms with Crippen LogP contribution in [0.25, 0.3) is 6.08 Å². The molecule has 0 fully saturated rings. The number of hydrogen-bond donors (Lipinski definition) is 0. The zero-order valence-electron chi connectivity index (χ0n) is 7.90. The van der Waals surface area contributed by atoms with E-state index in [9.17, 15) is 4.79 Å². The van der Waals surface area contributed by atoms with Crippen molar-refractivity contribution in [1.82, 2.24) is 4.98 Å². The average Bonchev–Trinajstić information content (AvgIpc) is 2.15. The van der Waals surface area contributed by atoms with Gasteiger partial charge < -0.3 is 0 Å². The Balaban J connectivity index is 2.92. The molecule has 0 bridgehead atoms. The van der Waals surface area contributed by atoms with Crippen molar-refractivity contribution >= 4 is 12.4 Å². The van der Waals surface area contributed by atoms with Gasteiger partial charge in [-0.1, -0.05) is 19.9 Å². The molecule has 0 aliphatic carbocycles. The van der Waals surface area contributed by atoms with Gasteiger partial charge in [-0.25, -0.2) is 0 Å². The highest BCUT2D eigenvalue weighted by molar-refractivity contribution is 5.81. The van der Waals surface area contributed by atoms with Crippen LogP contribution in [-0.2, 0) is 4.79 Å². The van der Waals surface area contributed by atoms with Crippen LogP contribution in [0.2, 0.25) is 0 Å². The Morgan fingerprint density at radius 3 is 2.77 bits per heavy atom. The minimum Gasteiger partial charge on any atom is -0.298 e. The van der Waals surface area contributed by atoms with Crippen molar-refractivity contribution in [2.75, 3.05) is 0 Å². The van der Waals surface area contributed by atoms with E-state index in [0.29, 0.717) is 0 Å². The maximum Gasteiger partial charge on any atom is 0.146 e. The summed E-state index contributed by atoms with van der Waals surface area (Å²) in [6.07, 6.45) is 6.22. The second-order valence-corrected chi connectivity index (χ2v) is 3.20. The highest BCUT2D eigenvalue weighted by Gasteiger charge is 2.00. The highest BCUT2D eigenvalue weighted by Crippen LogP contribution is 2.11. The van der Waals surface area contributed by atoms with Crippen molar-refractivity contribution in [2.45, 2.75) is 13.8 Å². The molecule has 0 saturated heterocycles. The first-order valence-electron chi connectivity index (χ1n) is 4.31. The third kappa shape index (κ3) is 2.82. The smallest absolute Gasteiger partial charge is 0.146 e. The number of pyridine rings is 1. The molecule has 2 nitrogen and oxygen atoms in total. The lowest BCUT2D eigenvalue weighted by atomic mass is 10.0. The van der Waals surface area contributed by atoms with E-state index in [1.165, 1.54) is 0 Å². The van der Waals surface area contributed by atoms with E-state index in [-0.39, 0.29) is 5.92 Å². The van der Waals surface area contributed by atoms with E-state index in [4.69, 9.17) is 0 Å². The maximum absolute atomic E-state index is 10.7. The summed E-state index contributed by atoms with van der Waals surface area (Å²) in [7, 11) is 0. The lowest BCUT2D eigenvalue weighted by molar-refractivity contribution is -0.105. The van der Waals surface area contributed by atoms with Crippen molar-refractivity contribution in [3.63, 3.8) is 0 Å². The molecule has 13 heavy (non-hydrogen) atoms. The molecule has 68 valence electrons. The molecule has 0 aromatic carbocycles. The second kappa shape index (κ2) is 4.55. The summed E-state index contributed by atoms with van der Waals surface area (Å²) in [5.74, 6) is 0.262. The van der Waals surface area contributed by atoms with Crippen LogP contribution in [0, 0.1) is 5.92 Å². The number of hydrogen-bond acceptors (Lipinski definition) is 2. The van der Waals surface area contributed by atoms with Gasteiger partial charge in [0.05, 0.1) is 0 Å². The Morgan fingerprint density at radius 1 is 1.54 bits per heavy atom. The first kappa shape index (κ1) is 9.65. The van der Waals surface area contributed by atoms with Crippen molar-refractivity contribution in [3.8, 4) is 0 Å². The molecule has 0 aliphatic heterocycles. The van der Waals surface area contributed by atoms with Crippen molar-refractivity contribution < 1.29 is 4.79 Å². The summed E-state index contributed by atoms with van der Waals surface area (Å²) >= 11 is 0. The molecule has 2 heteroatoms. The number of carbonyl (C=O) groups is 1. The summed E-state index contributed by atoms with van der Waals surface area (Å²) < 4.78 is 0. The number of carbonyl (C=O) groups excluding carboxylic acids is 1. The fourth-order valence-electron chi connectivity index (χ4n) is 0.991. The third-order valence-electron chi connectivity index (χ3n) is 1.82. The van der Waals surface area contributed by atoms with Gasteiger partial charge in [0.15, 0.2) is 0 Å². The molecule has 1 heterocycles. The first-order valence-corrected chi connectivity index (χ1v) is 4.31. The Bertz CT molecular complexity index is 301. The summed E-state index contributed by atoms with van der Waals surface area (Å²) in [6, 6.07) is 3.79. The second-order valence-electron chi connectivity index (χ2n) is 3.20. The van der Waals surface area contributed by atoms with Crippen LogP contribution < -0.4 is 0 Å². The number of nitrogens with zero attached hydrogens (tertiary/aromatic N) is 1. The van der Waals surface area contributed by atoms with Gasteiger partial charge in [-0.2, -0.15) is 0 Å². The van der Waals surface area contributed by atoms with E-state index < -0.39 is 0 Å². The first-order chi connectivity index (χ1) is 6.24. The van der Waals surface area contributed by atoms with Gasteiger partial charge in [-0.3, -0.25) is 9.78 Å². The fraction of sp³-hybridized carbons (Fsp3) is 0.273. The largest absolute Gasteiger partial charge is 0.298 e. The molecule has 0 spiro atoms. The standard InChI is InChI=1S/C11H13NO/c1-9(2)11(8-13)6-10-4-3-5-12-7-10/h3-9H,1-2H3. The van der Waals surface area contributed by atoms with Gasteiger partial charge in [-0.05, 0) is 29.2 Å². The normalized spacial score (nSPS) is 11.8. The molecule has 1 aromatic rings. The van der Waals surface area contributed by atoms with Gasteiger partial charge in [0.25, 0.3) is 0 Å². The molecular weight excluding hydrogens is 162 g/mol. The van der Waals surface area contributed by atoms with Gasteiger partial charge in [0.2, 0.25) is 0 Å². The Morgan fingerprint density at radius 2 is 2.31 bits per heavy atom. The SMILES string of the molecule is CC(C)C(C=O)=Cc1cccnc1. The van der Waals surface area contributed by atoms with E-state index in [0.717, 1.165) is 17.4 Å². The molecule has 0 amide bonds. The van der Waals surface area contributed by atoms with Crippen LogP contribution in [-0.4, -0.2) is 11.3 Å². The van der Waals surface area contributed by atoms with Crippen LogP contribution in [0.1, 0.15) is 19.4 Å². The molecule has 0 saturated carbocycles. The molecule has 1 aromatic heterocycles. The van der Waals surface area contributed by atoms with E-state index in [1.807, 2.05) is 32.1 Å². The minimum atomic E-state index is 0.262. The van der Waals surface area contributed by atoms with Crippen LogP contribution in [0.3, 0.4) is 0 Å². The van der Waals surface area contributed by atoms with Crippen molar-refractivity contribution in [3.05, 3.63) is 35.7 Å². The Kier molecular flexibility index (Phi) is 3.38. The lowest BCUT2D eigenvalue weighted by Gasteiger charge is -2.02. The molecule has 0 N–H and O–H groups in total. The molecule has 0 atom stereocenters. The van der Waals surface area contributed by atoms with E-state index in [2.05, 4.69) is 4.98 Å². The zero-order chi connectivity index (χ0) is 9.68. The number of allylic oxidation sites excluding steroid dienone is 1. The van der Waals surface area contributed by atoms with Crippen LogP contribution >= 0.6 is 0 Å². The number of aldehydes is 1. The van der Waals surface area contributed by atoms with Gasteiger partial charge in [0, 0.05) is 12.4 Å². The van der Waals surface area contributed by atoms with Crippen LogP contribution in [0.15, 0.2) is 30.1 Å². The van der Waals surface area contributed by atoms with E-state index in [1.54, 1.807) is 12.4 Å². The highest BCUT2D eigenvalue weighted by atomic mass is 16.1. The molecule has 0 aliphatic rings. The summed E-state index contributed by atoms with van der Waals surface area (Å²) in [5, 5.41) is 0. The van der Waals surface area contributed by atoms with Gasteiger partial charge >= 0.3 is 0 Å². The Hall–Kier alpha value is -1.44. The number of rotatable bonds is 3. The predicted molar refractivity (Wildman–Crippen MR) is 53.1 cm³/mol.